The third-order valence-corrected chi connectivity index (χ3v) is 5.13. The van der Waals surface area contributed by atoms with Crippen LogP contribution in [-0.2, 0) is 5.60 Å². The number of methoxy groups -OCH3 is 1. The minimum absolute atomic E-state index is 0.0353. The molecular weight excluding hydrogens is 340 g/mol. The second-order valence-corrected chi connectivity index (χ2v) is 6.50. The maximum Gasteiger partial charge on any atom is 0.210 e. The van der Waals surface area contributed by atoms with Crippen molar-refractivity contribution in [2.75, 3.05) is 13.7 Å². The lowest BCUT2D eigenvalue weighted by Gasteiger charge is -2.43. The topological polar surface area (TPSA) is 105 Å². The smallest absolute Gasteiger partial charge is 0.210 e. The highest BCUT2D eigenvalue weighted by Gasteiger charge is 2.57. The number of carbonyl (C=O) groups is 1. The van der Waals surface area contributed by atoms with Gasteiger partial charge in [-0.2, -0.15) is 0 Å². The van der Waals surface area contributed by atoms with Gasteiger partial charge in [0.05, 0.1) is 7.11 Å². The average Bonchev–Trinajstić information content (AvgIpc) is 2.62. The lowest BCUT2D eigenvalue weighted by atomic mass is 9.76. The zero-order chi connectivity index (χ0) is 18.8. The molecule has 0 aromatic heterocycles. The third-order valence-electron chi connectivity index (χ3n) is 5.13. The van der Waals surface area contributed by atoms with E-state index < -0.39 is 17.5 Å². The molecule has 0 fully saturated rings. The van der Waals surface area contributed by atoms with Gasteiger partial charge in [0.15, 0.2) is 23.2 Å². The van der Waals surface area contributed by atoms with Gasteiger partial charge in [0.25, 0.3) is 0 Å². The van der Waals surface area contributed by atoms with Crippen LogP contribution in [0.2, 0.25) is 0 Å². The lowest BCUT2D eigenvalue weighted by Crippen LogP contribution is -2.57. The van der Waals surface area contributed by atoms with Crippen LogP contribution in [0.15, 0.2) is 18.2 Å². The summed E-state index contributed by atoms with van der Waals surface area (Å²) in [4.78, 5) is 13.3. The number of phenols is 2. The molecule has 0 radical (unpaired) electrons. The molecule has 136 valence electrons. The number of fused-ring (bicyclic) bond motifs is 4. The van der Waals surface area contributed by atoms with Crippen LogP contribution in [0.25, 0.3) is 0 Å². The summed E-state index contributed by atoms with van der Waals surface area (Å²) in [6.45, 7) is 3.20. The number of Topliss-reactive ketones (excluding diaryl/α,β-unsaturated/α-hetero) is 1. The van der Waals surface area contributed by atoms with Crippen molar-refractivity contribution in [2.45, 2.75) is 25.6 Å². The molecule has 4 rings (SSSR count). The van der Waals surface area contributed by atoms with Crippen molar-refractivity contribution >= 4 is 5.78 Å². The number of hydrogen-bond acceptors (Lipinski definition) is 7. The molecule has 2 atom stereocenters. The Kier molecular flexibility index (Phi) is 3.36. The molecule has 26 heavy (non-hydrogen) atoms. The van der Waals surface area contributed by atoms with Crippen molar-refractivity contribution in [1.82, 2.24) is 0 Å². The number of hydrogen-bond donors (Lipinski definition) is 3. The van der Waals surface area contributed by atoms with Crippen LogP contribution in [-0.4, -0.2) is 40.9 Å². The van der Waals surface area contributed by atoms with E-state index >= 15 is 0 Å². The standard InChI is InChI=1S/C19H18O7/c1-8-14(21)13-16(9(2)15(8)24-3)26-12-7-25-17-10(5-4-6-11(17)20)19(12,23)18(13)22/h4-6,12,20-21,23H,7H2,1-3H3/t12-,19+/m1/s1. The number of carbonyl (C=O) groups excluding carboxylic acids is 1. The summed E-state index contributed by atoms with van der Waals surface area (Å²) in [5.41, 5.74) is -1.14. The zero-order valence-corrected chi connectivity index (χ0v) is 14.5. The Morgan fingerprint density at radius 3 is 2.62 bits per heavy atom. The van der Waals surface area contributed by atoms with Crippen LogP contribution in [0.3, 0.4) is 0 Å². The zero-order valence-electron chi connectivity index (χ0n) is 14.5. The van der Waals surface area contributed by atoms with Crippen molar-refractivity contribution in [3.63, 3.8) is 0 Å². The molecule has 0 bridgehead atoms. The molecule has 0 saturated heterocycles. The number of aliphatic hydroxyl groups is 1. The molecule has 7 nitrogen and oxygen atoms in total. The molecule has 0 amide bonds. The van der Waals surface area contributed by atoms with Gasteiger partial charge >= 0.3 is 0 Å². The second-order valence-electron chi connectivity index (χ2n) is 6.50. The fourth-order valence-electron chi connectivity index (χ4n) is 3.79. The van der Waals surface area contributed by atoms with E-state index in [1.165, 1.54) is 25.3 Å². The van der Waals surface area contributed by atoms with E-state index in [9.17, 15) is 20.1 Å². The highest BCUT2D eigenvalue weighted by atomic mass is 16.6. The van der Waals surface area contributed by atoms with Gasteiger partial charge in [-0.3, -0.25) is 4.79 Å². The van der Waals surface area contributed by atoms with Crippen LogP contribution >= 0.6 is 0 Å². The monoisotopic (exact) mass is 358 g/mol. The normalized spacial score (nSPS) is 23.2. The van der Waals surface area contributed by atoms with E-state index in [1.54, 1.807) is 13.8 Å². The molecule has 0 saturated carbocycles. The number of aromatic hydroxyl groups is 2. The maximum atomic E-state index is 13.3. The van der Waals surface area contributed by atoms with Gasteiger partial charge in [-0.15, -0.1) is 0 Å². The van der Waals surface area contributed by atoms with Crippen molar-refractivity contribution in [3.8, 4) is 28.7 Å². The largest absolute Gasteiger partial charge is 0.507 e. The summed E-state index contributed by atoms with van der Waals surface area (Å²) in [6, 6.07) is 4.40. The molecule has 7 heteroatoms. The number of ether oxygens (including phenoxy) is 3. The van der Waals surface area contributed by atoms with Gasteiger partial charge in [-0.1, -0.05) is 12.1 Å². The SMILES string of the molecule is COc1c(C)c(O)c2c(c1C)O[C@@H]1COc3c(O)cccc3[C@@]1(O)C2=O. The maximum absolute atomic E-state index is 13.3. The molecule has 2 aromatic carbocycles. The van der Waals surface area contributed by atoms with Crippen LogP contribution in [0, 0.1) is 13.8 Å². The number of ketones is 1. The van der Waals surface area contributed by atoms with Crippen LogP contribution in [0.5, 0.6) is 28.7 Å². The molecule has 0 unspecified atom stereocenters. The van der Waals surface area contributed by atoms with Gasteiger partial charge in [-0.25, -0.2) is 0 Å². The van der Waals surface area contributed by atoms with Crippen LogP contribution in [0.4, 0.5) is 0 Å². The van der Waals surface area contributed by atoms with Crippen molar-refractivity contribution in [3.05, 3.63) is 40.5 Å². The minimum atomic E-state index is -2.08. The van der Waals surface area contributed by atoms with Crippen LogP contribution < -0.4 is 14.2 Å². The van der Waals surface area contributed by atoms with E-state index in [4.69, 9.17) is 14.2 Å². The van der Waals surface area contributed by atoms with Crippen molar-refractivity contribution in [2.24, 2.45) is 0 Å². The van der Waals surface area contributed by atoms with Gasteiger partial charge in [0.2, 0.25) is 5.78 Å². The number of phenolic OH excluding ortho intramolecular Hbond substituents is 2. The molecule has 3 N–H and O–H groups in total. The summed E-state index contributed by atoms with van der Waals surface area (Å²) >= 11 is 0. The van der Waals surface area contributed by atoms with Crippen molar-refractivity contribution in [1.29, 1.82) is 0 Å². The van der Waals surface area contributed by atoms with E-state index in [2.05, 4.69) is 0 Å². The van der Waals surface area contributed by atoms with E-state index in [0.717, 1.165) is 0 Å². The van der Waals surface area contributed by atoms with Crippen LogP contribution in [0.1, 0.15) is 27.0 Å². The Morgan fingerprint density at radius 1 is 1.19 bits per heavy atom. The van der Waals surface area contributed by atoms with Gasteiger partial charge < -0.3 is 29.5 Å². The summed E-state index contributed by atoms with van der Waals surface area (Å²) in [6.07, 6.45) is -1.03. The van der Waals surface area contributed by atoms with Gasteiger partial charge in [-0.05, 0) is 19.9 Å². The first kappa shape index (κ1) is 16.5. The first-order valence-corrected chi connectivity index (χ1v) is 8.11. The fraction of sp³-hybridized carbons (Fsp3) is 0.316. The summed E-state index contributed by atoms with van der Waals surface area (Å²) in [5, 5.41) is 31.9. The number of para-hydroxylation sites is 1. The Balaban J connectivity index is 2.00. The van der Waals surface area contributed by atoms with Crippen molar-refractivity contribution < 1.29 is 34.3 Å². The Hall–Kier alpha value is -2.93. The Bertz CT molecular complexity index is 950. The second kappa shape index (κ2) is 5.28. The van der Waals surface area contributed by atoms with E-state index in [-0.39, 0.29) is 40.7 Å². The predicted octanol–water partition coefficient (Wildman–Crippen LogP) is 1.95. The molecule has 2 aliphatic rings. The molecule has 0 spiro atoms. The van der Waals surface area contributed by atoms with Gasteiger partial charge in [0, 0.05) is 16.7 Å². The first-order valence-electron chi connectivity index (χ1n) is 8.11. The fourth-order valence-corrected chi connectivity index (χ4v) is 3.79. The third kappa shape index (κ3) is 1.83. The molecule has 2 aliphatic heterocycles. The highest BCUT2D eigenvalue weighted by Crippen LogP contribution is 2.53. The minimum Gasteiger partial charge on any atom is -0.507 e. The summed E-state index contributed by atoms with van der Waals surface area (Å²) in [7, 11) is 1.46. The number of rotatable bonds is 1. The molecule has 0 aliphatic carbocycles. The summed E-state index contributed by atoms with van der Waals surface area (Å²) < 4.78 is 16.7. The summed E-state index contributed by atoms with van der Waals surface area (Å²) in [5.74, 6) is -0.573. The average molecular weight is 358 g/mol. The van der Waals surface area contributed by atoms with Gasteiger partial charge in [0.1, 0.15) is 29.4 Å². The lowest BCUT2D eigenvalue weighted by molar-refractivity contribution is -0.0809. The molecule has 2 heterocycles. The van der Waals surface area contributed by atoms with E-state index in [1.807, 2.05) is 0 Å². The molecular formula is C19H18O7. The number of benzene rings is 2. The molecule has 2 aromatic rings. The van der Waals surface area contributed by atoms with E-state index in [0.29, 0.717) is 16.9 Å². The quantitative estimate of drug-likeness (QED) is 0.715. The highest BCUT2D eigenvalue weighted by molar-refractivity contribution is 6.10. The Labute approximate surface area is 149 Å². The Morgan fingerprint density at radius 2 is 1.92 bits per heavy atom. The predicted molar refractivity (Wildman–Crippen MR) is 90.4 cm³/mol. The first-order chi connectivity index (χ1) is 12.3.